The Morgan fingerprint density at radius 1 is 0.733 bits per heavy atom. The highest BCUT2D eigenvalue weighted by Crippen LogP contribution is 2.36. The lowest BCUT2D eigenvalue weighted by molar-refractivity contribution is 0.506. The maximum absolute atomic E-state index is 4.66. The van der Waals surface area contributed by atoms with Crippen LogP contribution in [0.1, 0.15) is 64.2 Å². The molecular weight excluding hydrogens is 240 g/mol. The molecule has 1 aliphatic carbocycles. The van der Waals surface area contributed by atoms with Crippen LogP contribution in [0.3, 0.4) is 0 Å². The van der Waals surface area contributed by atoms with E-state index in [9.17, 15) is 0 Å². The minimum Gasteiger partial charge on any atom is -0.174 e. The van der Waals surface area contributed by atoms with Crippen molar-refractivity contribution in [1.29, 1.82) is 0 Å². The van der Waals surface area contributed by atoms with Crippen molar-refractivity contribution in [2.24, 2.45) is 0 Å². The van der Waals surface area contributed by atoms with Crippen LogP contribution < -0.4 is 0 Å². The van der Waals surface area contributed by atoms with Crippen LogP contribution in [-0.2, 0) is 0 Å². The van der Waals surface area contributed by atoms with Crippen molar-refractivity contribution in [2.75, 3.05) is 0 Å². The van der Waals surface area contributed by atoms with E-state index in [4.69, 9.17) is 0 Å². The average Bonchev–Trinajstić information content (AvgIpc) is 2.18. The molecule has 1 rings (SSSR count). The van der Waals surface area contributed by atoms with Gasteiger partial charge in [0.1, 0.15) is 0 Å². The van der Waals surface area contributed by atoms with Crippen LogP contribution in [0.5, 0.6) is 0 Å². The molecule has 0 bridgehead atoms. The van der Waals surface area contributed by atoms with Gasteiger partial charge in [0.15, 0.2) is 0 Å². The van der Waals surface area contributed by atoms with E-state index in [1.807, 2.05) is 0 Å². The van der Waals surface area contributed by atoms with Crippen LogP contribution in [0, 0.1) is 0 Å². The van der Waals surface area contributed by atoms with Gasteiger partial charge in [-0.1, -0.05) is 51.4 Å². The fraction of sp³-hybridized carbons (Fsp3) is 1.00. The lowest BCUT2D eigenvalue weighted by atomic mass is 10.00. The summed E-state index contributed by atoms with van der Waals surface area (Å²) in [5.41, 5.74) is 0. The van der Waals surface area contributed by atoms with Gasteiger partial charge < -0.3 is 0 Å². The monoisotopic (exact) mass is 264 g/mol. The Kier molecular flexibility index (Phi) is 6.95. The maximum atomic E-state index is 4.66. The standard InChI is InChI=1S/C12H24S3/c13-11-9-7-5-3-1-2-4-6-8-10-12(11,14)15/h11,13-15H,1-10H2. The molecule has 0 saturated heterocycles. The number of rotatable bonds is 0. The zero-order chi connectivity index (χ0) is 11.1. The largest absolute Gasteiger partial charge is 0.174 e. The summed E-state index contributed by atoms with van der Waals surface area (Å²) in [6.07, 6.45) is 13.1. The number of hydrogen-bond donors (Lipinski definition) is 3. The van der Waals surface area contributed by atoms with Gasteiger partial charge in [0.25, 0.3) is 0 Å². The van der Waals surface area contributed by atoms with E-state index in [-0.39, 0.29) is 4.08 Å². The molecule has 0 aromatic rings. The lowest BCUT2D eigenvalue weighted by Crippen LogP contribution is -2.27. The summed E-state index contributed by atoms with van der Waals surface area (Å²) in [5, 5.41) is 0.337. The SMILES string of the molecule is SC1CCCCCCCCCCC1(S)S. The zero-order valence-corrected chi connectivity index (χ0v) is 12.2. The summed E-state index contributed by atoms with van der Waals surface area (Å²) < 4.78 is -0.164. The third kappa shape index (κ3) is 5.78. The van der Waals surface area contributed by atoms with Crippen LogP contribution >= 0.6 is 37.9 Å². The van der Waals surface area contributed by atoms with Crippen molar-refractivity contribution in [3.8, 4) is 0 Å². The molecule has 0 aromatic carbocycles. The normalized spacial score (nSPS) is 30.2. The molecule has 1 atom stereocenters. The van der Waals surface area contributed by atoms with Crippen molar-refractivity contribution >= 4 is 37.9 Å². The third-order valence-electron chi connectivity index (χ3n) is 3.31. The molecule has 0 N–H and O–H groups in total. The molecule has 90 valence electrons. The maximum Gasteiger partial charge on any atom is 0.0667 e. The molecule has 1 fully saturated rings. The molecule has 3 heteroatoms. The van der Waals surface area contributed by atoms with Gasteiger partial charge in [-0.05, 0) is 12.8 Å². The van der Waals surface area contributed by atoms with Gasteiger partial charge in [-0.3, -0.25) is 0 Å². The van der Waals surface area contributed by atoms with Crippen molar-refractivity contribution in [1.82, 2.24) is 0 Å². The van der Waals surface area contributed by atoms with Crippen LogP contribution in [0.4, 0.5) is 0 Å². The summed E-state index contributed by atoms with van der Waals surface area (Å²) in [4.78, 5) is 0. The first-order valence-corrected chi connectivity index (χ1v) is 7.67. The predicted molar refractivity (Wildman–Crippen MR) is 79.6 cm³/mol. The zero-order valence-electron chi connectivity index (χ0n) is 9.49. The van der Waals surface area contributed by atoms with Crippen molar-refractivity contribution in [3.63, 3.8) is 0 Å². The Bertz CT molecular complexity index is 168. The molecule has 0 nitrogen and oxygen atoms in total. The van der Waals surface area contributed by atoms with Gasteiger partial charge in [0.2, 0.25) is 0 Å². The Labute approximate surface area is 111 Å². The Hall–Kier alpha value is 1.05. The summed E-state index contributed by atoms with van der Waals surface area (Å²) in [5.74, 6) is 0. The van der Waals surface area contributed by atoms with Crippen molar-refractivity contribution in [3.05, 3.63) is 0 Å². The highest BCUT2D eigenvalue weighted by Gasteiger charge is 2.28. The van der Waals surface area contributed by atoms with Crippen LogP contribution in [0.15, 0.2) is 0 Å². The molecule has 0 aliphatic heterocycles. The second kappa shape index (κ2) is 7.39. The minimum atomic E-state index is -0.164. The van der Waals surface area contributed by atoms with Gasteiger partial charge >= 0.3 is 0 Å². The Balaban J connectivity index is 2.38. The Morgan fingerprint density at radius 3 is 1.80 bits per heavy atom. The summed E-state index contributed by atoms with van der Waals surface area (Å²) in [6, 6.07) is 0. The first-order chi connectivity index (χ1) is 7.13. The van der Waals surface area contributed by atoms with Crippen molar-refractivity contribution in [2.45, 2.75) is 73.5 Å². The van der Waals surface area contributed by atoms with Gasteiger partial charge in [0.05, 0.1) is 4.08 Å². The van der Waals surface area contributed by atoms with Gasteiger partial charge in [0, 0.05) is 5.25 Å². The molecule has 0 aromatic heterocycles. The molecule has 0 spiro atoms. The molecule has 1 unspecified atom stereocenters. The highest BCUT2D eigenvalue weighted by atomic mass is 32.2. The fourth-order valence-electron chi connectivity index (χ4n) is 2.18. The van der Waals surface area contributed by atoms with Crippen LogP contribution in [0.25, 0.3) is 0 Å². The van der Waals surface area contributed by atoms with E-state index in [2.05, 4.69) is 37.9 Å². The quantitative estimate of drug-likeness (QED) is 0.408. The third-order valence-corrected chi connectivity index (χ3v) is 5.48. The lowest BCUT2D eigenvalue weighted by Gasteiger charge is -2.29. The fourth-order valence-corrected chi connectivity index (χ4v) is 3.07. The summed E-state index contributed by atoms with van der Waals surface area (Å²) >= 11 is 14.0. The van der Waals surface area contributed by atoms with Crippen molar-refractivity contribution < 1.29 is 0 Å². The van der Waals surface area contributed by atoms with Gasteiger partial charge in [-0.25, -0.2) is 0 Å². The van der Waals surface area contributed by atoms with E-state index in [0.717, 1.165) is 12.8 Å². The number of thiol groups is 3. The molecule has 0 heterocycles. The van der Waals surface area contributed by atoms with Gasteiger partial charge in [-0.2, -0.15) is 37.9 Å². The molecular formula is C12H24S3. The second-order valence-corrected chi connectivity index (χ2v) is 7.33. The molecule has 1 saturated carbocycles. The van der Waals surface area contributed by atoms with Crippen LogP contribution in [0.2, 0.25) is 0 Å². The minimum absolute atomic E-state index is 0.164. The molecule has 0 amide bonds. The van der Waals surface area contributed by atoms with Gasteiger partial charge in [-0.15, -0.1) is 0 Å². The topological polar surface area (TPSA) is 0 Å². The van der Waals surface area contributed by atoms with E-state index in [1.165, 1.54) is 51.4 Å². The predicted octanol–water partition coefficient (Wildman–Crippen LogP) is 4.76. The number of hydrogen-bond acceptors (Lipinski definition) is 3. The molecule has 1 aliphatic rings. The smallest absolute Gasteiger partial charge is 0.0667 e. The summed E-state index contributed by atoms with van der Waals surface area (Å²) in [7, 11) is 0. The second-order valence-electron chi connectivity index (χ2n) is 4.76. The van der Waals surface area contributed by atoms with Crippen LogP contribution in [-0.4, -0.2) is 9.33 Å². The highest BCUT2D eigenvalue weighted by molar-refractivity contribution is 8.02. The first kappa shape index (κ1) is 14.1. The van der Waals surface area contributed by atoms with E-state index in [1.54, 1.807) is 0 Å². The first-order valence-electron chi connectivity index (χ1n) is 6.26. The van der Waals surface area contributed by atoms with E-state index in [0.29, 0.717) is 5.25 Å². The summed E-state index contributed by atoms with van der Waals surface area (Å²) in [6.45, 7) is 0. The Morgan fingerprint density at radius 2 is 1.20 bits per heavy atom. The van der Waals surface area contributed by atoms with E-state index >= 15 is 0 Å². The molecule has 15 heavy (non-hydrogen) atoms. The van der Waals surface area contributed by atoms with E-state index < -0.39 is 0 Å². The molecule has 0 radical (unpaired) electrons. The average molecular weight is 265 g/mol.